The summed E-state index contributed by atoms with van der Waals surface area (Å²) in [6.45, 7) is -0.282. The van der Waals surface area contributed by atoms with Crippen LogP contribution in [0.2, 0.25) is 0 Å². The minimum Gasteiger partial charge on any atom is -0.480 e. The Balaban J connectivity index is 2.92. The van der Waals surface area contributed by atoms with Gasteiger partial charge in [-0.3, -0.25) is 14.4 Å². The summed E-state index contributed by atoms with van der Waals surface area (Å²) in [7, 11) is 0. The molecule has 0 saturated carbocycles. The van der Waals surface area contributed by atoms with E-state index < -0.39 is 55.0 Å². The molecule has 1 radical (unpaired) electrons. The fourth-order valence-corrected chi connectivity index (χ4v) is 2.21. The average Bonchev–Trinajstić information content (AvgIpc) is 2.67. The Labute approximate surface area is 155 Å². The van der Waals surface area contributed by atoms with Gasteiger partial charge in [0.15, 0.2) is 6.61 Å². The Bertz CT molecular complexity index is 666. The van der Waals surface area contributed by atoms with Crippen molar-refractivity contribution in [3.05, 3.63) is 35.9 Å². The van der Waals surface area contributed by atoms with Gasteiger partial charge in [0.1, 0.15) is 18.1 Å². The van der Waals surface area contributed by atoms with Crippen molar-refractivity contribution in [1.82, 2.24) is 16.0 Å². The van der Waals surface area contributed by atoms with Gasteiger partial charge in [-0.2, -0.15) is 0 Å². The smallest absolute Gasteiger partial charge is 0.328 e. The Hall–Kier alpha value is -2.98. The van der Waals surface area contributed by atoms with Crippen molar-refractivity contribution >= 4 is 23.7 Å². The van der Waals surface area contributed by atoms with Crippen molar-refractivity contribution in [2.45, 2.75) is 31.5 Å². The van der Waals surface area contributed by atoms with Crippen LogP contribution in [0.15, 0.2) is 30.3 Å². The van der Waals surface area contributed by atoms with Crippen molar-refractivity contribution in [3.8, 4) is 0 Å². The maximum atomic E-state index is 12.6. The van der Waals surface area contributed by atoms with Gasteiger partial charge in [-0.25, -0.2) is 9.90 Å². The molecule has 147 valence electrons. The molecule has 0 spiro atoms. The van der Waals surface area contributed by atoms with Crippen molar-refractivity contribution in [3.63, 3.8) is 0 Å². The fourth-order valence-electron chi connectivity index (χ4n) is 2.21. The first-order chi connectivity index (χ1) is 12.8. The monoisotopic (exact) mass is 380 g/mol. The molecule has 0 unspecified atom stereocenters. The quantitative estimate of drug-likeness (QED) is 0.339. The summed E-state index contributed by atoms with van der Waals surface area (Å²) >= 11 is 0. The Morgan fingerprint density at radius 3 is 2.04 bits per heavy atom. The number of aliphatic carboxylic acids is 1. The molecule has 0 heterocycles. The van der Waals surface area contributed by atoms with Crippen molar-refractivity contribution < 1.29 is 34.5 Å². The SMILES string of the molecule is CC[C@H](NC(=O)[C@H](NC(=O)C[O])c1ccccc1)C(=O)N[C@@H](CO)C(=O)O. The summed E-state index contributed by atoms with van der Waals surface area (Å²) in [6, 6.07) is 4.34. The second kappa shape index (κ2) is 10.9. The summed E-state index contributed by atoms with van der Waals surface area (Å²) in [5, 5.41) is 35.4. The standard InChI is InChI=1S/C17H22N3O7/c1-2-11(15(24)19-12(8-21)17(26)27)18-16(25)14(20-13(23)9-22)10-6-4-3-5-7-10/h3-7,11-12,14,21H,2,8-9H2,1H3,(H,18,25)(H,19,24)(H,20,23)(H,26,27)/t11-,12-,14+/m0/s1. The molecule has 10 heteroatoms. The molecule has 5 N–H and O–H groups in total. The van der Waals surface area contributed by atoms with Crippen LogP contribution in [0.5, 0.6) is 0 Å². The lowest BCUT2D eigenvalue weighted by molar-refractivity contribution is -0.143. The van der Waals surface area contributed by atoms with Gasteiger partial charge in [0.2, 0.25) is 17.7 Å². The van der Waals surface area contributed by atoms with Crippen LogP contribution in [-0.4, -0.2) is 59.2 Å². The van der Waals surface area contributed by atoms with Crippen LogP contribution >= 0.6 is 0 Å². The van der Waals surface area contributed by atoms with Crippen LogP contribution in [0.25, 0.3) is 0 Å². The van der Waals surface area contributed by atoms with Crippen molar-refractivity contribution in [2.75, 3.05) is 13.2 Å². The normalized spacial score (nSPS) is 13.7. The van der Waals surface area contributed by atoms with Crippen LogP contribution in [0.4, 0.5) is 0 Å². The molecule has 1 rings (SSSR count). The third-order valence-corrected chi connectivity index (χ3v) is 3.67. The first-order valence-corrected chi connectivity index (χ1v) is 8.20. The molecule has 27 heavy (non-hydrogen) atoms. The molecule has 0 aliphatic heterocycles. The van der Waals surface area contributed by atoms with E-state index in [9.17, 15) is 24.3 Å². The lowest BCUT2D eigenvalue weighted by Crippen LogP contribution is -2.54. The van der Waals surface area contributed by atoms with Crippen LogP contribution in [0, 0.1) is 0 Å². The number of carboxylic acid groups (broad SMARTS) is 1. The molecule has 10 nitrogen and oxygen atoms in total. The number of benzene rings is 1. The lowest BCUT2D eigenvalue weighted by atomic mass is 10.0. The number of aliphatic hydroxyl groups excluding tert-OH is 1. The molecule has 3 atom stereocenters. The highest BCUT2D eigenvalue weighted by atomic mass is 16.4. The number of amides is 3. The minimum absolute atomic E-state index is 0.131. The molecule has 0 saturated heterocycles. The maximum absolute atomic E-state index is 12.6. The van der Waals surface area contributed by atoms with Gasteiger partial charge in [-0.1, -0.05) is 37.3 Å². The maximum Gasteiger partial charge on any atom is 0.328 e. The predicted octanol–water partition coefficient (Wildman–Crippen LogP) is -1.27. The first kappa shape index (κ1) is 22.1. The van der Waals surface area contributed by atoms with E-state index in [-0.39, 0.29) is 6.42 Å². The Morgan fingerprint density at radius 1 is 0.963 bits per heavy atom. The highest BCUT2D eigenvalue weighted by molar-refractivity contribution is 5.94. The van der Waals surface area contributed by atoms with E-state index >= 15 is 0 Å². The highest BCUT2D eigenvalue weighted by Gasteiger charge is 2.29. The van der Waals surface area contributed by atoms with E-state index in [0.717, 1.165) is 0 Å². The highest BCUT2D eigenvalue weighted by Crippen LogP contribution is 2.13. The van der Waals surface area contributed by atoms with Crippen LogP contribution in [0.1, 0.15) is 24.9 Å². The third-order valence-electron chi connectivity index (χ3n) is 3.67. The molecular weight excluding hydrogens is 358 g/mol. The number of hydrogen-bond donors (Lipinski definition) is 5. The number of aliphatic hydroxyl groups is 1. The van der Waals surface area contributed by atoms with E-state index in [1.165, 1.54) is 0 Å². The Kier molecular flexibility index (Phi) is 8.90. The van der Waals surface area contributed by atoms with E-state index in [0.29, 0.717) is 5.56 Å². The third kappa shape index (κ3) is 6.68. The van der Waals surface area contributed by atoms with Gasteiger partial charge in [0.25, 0.3) is 0 Å². The second-order valence-electron chi connectivity index (χ2n) is 5.61. The molecule has 3 amide bonds. The average molecular weight is 380 g/mol. The summed E-state index contributed by atoms with van der Waals surface area (Å²) < 4.78 is 0. The minimum atomic E-state index is -1.51. The molecule has 1 aromatic rings. The Morgan fingerprint density at radius 2 is 1.56 bits per heavy atom. The number of hydrogen-bond acceptors (Lipinski definition) is 5. The number of carboxylic acids is 1. The molecule has 0 aliphatic carbocycles. The first-order valence-electron chi connectivity index (χ1n) is 8.20. The molecule has 0 aromatic heterocycles. The summed E-state index contributed by atoms with van der Waals surface area (Å²) in [5.41, 5.74) is 0.408. The molecule has 0 fully saturated rings. The van der Waals surface area contributed by atoms with Crippen molar-refractivity contribution in [2.24, 2.45) is 0 Å². The number of nitrogens with one attached hydrogen (secondary N) is 3. The van der Waals surface area contributed by atoms with Gasteiger partial charge in [-0.15, -0.1) is 0 Å². The van der Waals surface area contributed by atoms with E-state index in [1.54, 1.807) is 37.3 Å². The predicted molar refractivity (Wildman–Crippen MR) is 91.8 cm³/mol. The van der Waals surface area contributed by atoms with E-state index in [1.807, 2.05) is 0 Å². The van der Waals surface area contributed by atoms with Gasteiger partial charge in [0.05, 0.1) is 6.61 Å². The zero-order chi connectivity index (χ0) is 20.4. The van der Waals surface area contributed by atoms with Gasteiger partial charge in [0, 0.05) is 0 Å². The fraction of sp³-hybridized carbons (Fsp3) is 0.412. The zero-order valence-electron chi connectivity index (χ0n) is 14.7. The topological polar surface area (TPSA) is 165 Å². The van der Waals surface area contributed by atoms with Gasteiger partial charge in [-0.05, 0) is 12.0 Å². The van der Waals surface area contributed by atoms with Crippen molar-refractivity contribution in [1.29, 1.82) is 0 Å². The number of carbonyl (C=O) groups excluding carboxylic acids is 3. The summed E-state index contributed by atoms with van der Waals surface area (Å²) in [4.78, 5) is 47.1. The van der Waals surface area contributed by atoms with E-state index in [4.69, 9.17) is 10.2 Å². The van der Waals surface area contributed by atoms with Crippen LogP contribution in [0.3, 0.4) is 0 Å². The lowest BCUT2D eigenvalue weighted by Gasteiger charge is -2.23. The van der Waals surface area contributed by atoms with Crippen LogP contribution in [-0.2, 0) is 24.3 Å². The largest absolute Gasteiger partial charge is 0.480 e. The number of rotatable bonds is 10. The molecular formula is C17H22N3O7. The summed E-state index contributed by atoms with van der Waals surface area (Å²) in [6.07, 6.45) is 0.131. The second-order valence-corrected chi connectivity index (χ2v) is 5.61. The summed E-state index contributed by atoms with van der Waals surface area (Å²) in [5.74, 6) is -3.84. The van der Waals surface area contributed by atoms with Crippen LogP contribution < -0.4 is 16.0 Å². The zero-order valence-corrected chi connectivity index (χ0v) is 14.7. The van der Waals surface area contributed by atoms with E-state index in [2.05, 4.69) is 16.0 Å². The molecule has 1 aromatic carbocycles. The van der Waals surface area contributed by atoms with Gasteiger partial charge < -0.3 is 26.2 Å². The van der Waals surface area contributed by atoms with Gasteiger partial charge >= 0.3 is 5.97 Å². The molecule has 0 bridgehead atoms. The number of carbonyl (C=O) groups is 4. The molecule has 0 aliphatic rings.